The molecule has 0 fully saturated rings. The number of aryl methyl sites for hydroxylation is 2. The summed E-state index contributed by atoms with van der Waals surface area (Å²) >= 11 is 0. The van der Waals surface area contributed by atoms with E-state index in [4.69, 9.17) is 9.47 Å². The van der Waals surface area contributed by atoms with Crippen LogP contribution < -0.4 is 14.8 Å². The standard InChI is InChI=1S/C22H26N2O3/c1-14-15(2)24(3)20-8-6-17(13-19(14)20)22(25)23-11-10-16-12-18(26-4)7-9-21(16)27-5/h6-9,12-13H,10-11H2,1-5H3,(H,23,25). The Morgan fingerprint density at radius 1 is 1.07 bits per heavy atom. The van der Waals surface area contributed by atoms with Crippen molar-refractivity contribution in [1.29, 1.82) is 0 Å². The zero-order valence-corrected chi connectivity index (χ0v) is 16.6. The fraction of sp³-hybridized carbons (Fsp3) is 0.318. The van der Waals surface area contributed by atoms with E-state index in [1.165, 1.54) is 11.3 Å². The molecular weight excluding hydrogens is 340 g/mol. The Bertz CT molecular complexity index is 989. The predicted octanol–water partition coefficient (Wildman–Crippen LogP) is 3.78. The van der Waals surface area contributed by atoms with Crippen molar-refractivity contribution in [3.05, 3.63) is 58.8 Å². The molecule has 5 nitrogen and oxygen atoms in total. The van der Waals surface area contributed by atoms with Crippen molar-refractivity contribution in [2.45, 2.75) is 20.3 Å². The van der Waals surface area contributed by atoms with Crippen molar-refractivity contribution >= 4 is 16.8 Å². The molecule has 0 bridgehead atoms. The Labute approximate surface area is 159 Å². The van der Waals surface area contributed by atoms with E-state index in [9.17, 15) is 4.79 Å². The number of carbonyl (C=O) groups is 1. The number of fused-ring (bicyclic) bond motifs is 1. The van der Waals surface area contributed by atoms with Gasteiger partial charge >= 0.3 is 0 Å². The number of aromatic nitrogens is 1. The number of nitrogens with one attached hydrogen (secondary N) is 1. The first-order valence-electron chi connectivity index (χ1n) is 9.01. The van der Waals surface area contributed by atoms with Crippen LogP contribution in [0.1, 0.15) is 27.2 Å². The quantitative estimate of drug-likeness (QED) is 0.722. The van der Waals surface area contributed by atoms with Gasteiger partial charge in [0.15, 0.2) is 0 Å². The lowest BCUT2D eigenvalue weighted by atomic mass is 10.1. The van der Waals surface area contributed by atoms with Crippen LogP contribution in [0.2, 0.25) is 0 Å². The molecule has 1 aromatic heterocycles. The Morgan fingerprint density at radius 2 is 1.85 bits per heavy atom. The molecule has 0 aliphatic rings. The molecule has 1 N–H and O–H groups in total. The third kappa shape index (κ3) is 3.63. The molecule has 0 aliphatic heterocycles. The first-order valence-corrected chi connectivity index (χ1v) is 9.01. The molecule has 142 valence electrons. The average Bonchev–Trinajstić information content (AvgIpc) is 2.91. The lowest BCUT2D eigenvalue weighted by molar-refractivity contribution is 0.0954. The normalized spacial score (nSPS) is 10.9. The molecule has 0 spiro atoms. The molecule has 1 amide bonds. The topological polar surface area (TPSA) is 52.5 Å². The Morgan fingerprint density at radius 3 is 2.56 bits per heavy atom. The van der Waals surface area contributed by atoms with Gasteiger partial charge in [-0.25, -0.2) is 0 Å². The van der Waals surface area contributed by atoms with Crippen LogP contribution in [-0.2, 0) is 13.5 Å². The van der Waals surface area contributed by atoms with Crippen LogP contribution in [0.5, 0.6) is 11.5 Å². The van der Waals surface area contributed by atoms with E-state index < -0.39 is 0 Å². The smallest absolute Gasteiger partial charge is 0.251 e. The number of rotatable bonds is 6. The lowest BCUT2D eigenvalue weighted by Gasteiger charge is -2.11. The second-order valence-electron chi connectivity index (χ2n) is 6.69. The highest BCUT2D eigenvalue weighted by atomic mass is 16.5. The SMILES string of the molecule is COc1ccc(OC)c(CCNC(=O)c2ccc3c(c2)c(C)c(C)n3C)c1. The van der Waals surface area contributed by atoms with Gasteiger partial charge in [-0.1, -0.05) is 0 Å². The monoisotopic (exact) mass is 366 g/mol. The van der Waals surface area contributed by atoms with Gasteiger partial charge in [-0.3, -0.25) is 4.79 Å². The fourth-order valence-electron chi connectivity index (χ4n) is 3.39. The van der Waals surface area contributed by atoms with E-state index in [2.05, 4.69) is 23.7 Å². The molecular formula is C22H26N2O3. The largest absolute Gasteiger partial charge is 0.497 e. The third-order valence-electron chi connectivity index (χ3n) is 5.24. The Kier molecular flexibility index (Phi) is 5.40. The number of hydrogen-bond donors (Lipinski definition) is 1. The first kappa shape index (κ1) is 18.8. The number of ether oxygens (including phenoxy) is 2. The van der Waals surface area contributed by atoms with Crippen LogP contribution in [0, 0.1) is 13.8 Å². The third-order valence-corrected chi connectivity index (χ3v) is 5.24. The van der Waals surface area contributed by atoms with Gasteiger partial charge in [-0.2, -0.15) is 0 Å². The van der Waals surface area contributed by atoms with Crippen molar-refractivity contribution in [2.24, 2.45) is 7.05 Å². The summed E-state index contributed by atoms with van der Waals surface area (Å²) < 4.78 is 12.8. The van der Waals surface area contributed by atoms with E-state index in [0.29, 0.717) is 18.5 Å². The molecule has 0 atom stereocenters. The number of hydrogen-bond acceptors (Lipinski definition) is 3. The summed E-state index contributed by atoms with van der Waals surface area (Å²) in [5.41, 5.74) is 5.24. The molecule has 0 radical (unpaired) electrons. The van der Waals surface area contributed by atoms with Gasteiger partial charge in [-0.15, -0.1) is 0 Å². The molecule has 2 aromatic carbocycles. The van der Waals surface area contributed by atoms with E-state index in [-0.39, 0.29) is 5.91 Å². The summed E-state index contributed by atoms with van der Waals surface area (Å²) in [6, 6.07) is 11.5. The van der Waals surface area contributed by atoms with Gasteiger partial charge in [0, 0.05) is 35.8 Å². The minimum atomic E-state index is -0.0698. The number of benzene rings is 2. The van der Waals surface area contributed by atoms with Gasteiger partial charge in [0.25, 0.3) is 5.91 Å². The van der Waals surface area contributed by atoms with Crippen molar-refractivity contribution in [2.75, 3.05) is 20.8 Å². The number of carbonyl (C=O) groups excluding carboxylic acids is 1. The first-order chi connectivity index (χ1) is 13.0. The summed E-state index contributed by atoms with van der Waals surface area (Å²) in [5.74, 6) is 1.50. The van der Waals surface area contributed by atoms with E-state index in [0.717, 1.165) is 28.0 Å². The molecule has 27 heavy (non-hydrogen) atoms. The van der Waals surface area contributed by atoms with Gasteiger partial charge in [0.05, 0.1) is 14.2 Å². The van der Waals surface area contributed by atoms with Gasteiger partial charge < -0.3 is 19.4 Å². The summed E-state index contributed by atoms with van der Waals surface area (Å²) in [6.45, 7) is 4.71. The molecule has 0 aliphatic carbocycles. The minimum Gasteiger partial charge on any atom is -0.497 e. The molecule has 3 aromatic rings. The van der Waals surface area contributed by atoms with Crippen molar-refractivity contribution in [3.63, 3.8) is 0 Å². The maximum atomic E-state index is 12.6. The average molecular weight is 366 g/mol. The highest BCUT2D eigenvalue weighted by molar-refractivity contribution is 5.99. The highest BCUT2D eigenvalue weighted by Gasteiger charge is 2.12. The maximum Gasteiger partial charge on any atom is 0.251 e. The van der Waals surface area contributed by atoms with Crippen LogP contribution in [0.4, 0.5) is 0 Å². The van der Waals surface area contributed by atoms with Crippen LogP contribution in [-0.4, -0.2) is 31.2 Å². The number of methoxy groups -OCH3 is 2. The summed E-state index contributed by atoms with van der Waals surface area (Å²) in [5, 5.41) is 4.12. The lowest BCUT2D eigenvalue weighted by Crippen LogP contribution is -2.25. The van der Waals surface area contributed by atoms with E-state index in [1.54, 1.807) is 14.2 Å². The molecule has 0 unspecified atom stereocenters. The highest BCUT2D eigenvalue weighted by Crippen LogP contribution is 2.26. The zero-order chi connectivity index (χ0) is 19.6. The molecule has 0 saturated heterocycles. The van der Waals surface area contributed by atoms with E-state index >= 15 is 0 Å². The zero-order valence-electron chi connectivity index (χ0n) is 16.6. The van der Waals surface area contributed by atoms with Crippen LogP contribution in [0.3, 0.4) is 0 Å². The number of amides is 1. The van der Waals surface area contributed by atoms with Crippen molar-refractivity contribution in [3.8, 4) is 11.5 Å². The Balaban J connectivity index is 1.71. The second-order valence-corrected chi connectivity index (χ2v) is 6.69. The van der Waals surface area contributed by atoms with Crippen LogP contribution >= 0.6 is 0 Å². The van der Waals surface area contributed by atoms with Crippen LogP contribution in [0.25, 0.3) is 10.9 Å². The summed E-state index contributed by atoms with van der Waals surface area (Å²) in [7, 11) is 5.33. The second kappa shape index (κ2) is 7.74. The number of nitrogens with zero attached hydrogens (tertiary/aromatic N) is 1. The molecule has 0 saturated carbocycles. The van der Waals surface area contributed by atoms with Gasteiger partial charge in [0.2, 0.25) is 0 Å². The maximum absolute atomic E-state index is 12.6. The predicted molar refractivity (Wildman–Crippen MR) is 108 cm³/mol. The molecule has 1 heterocycles. The van der Waals surface area contributed by atoms with Gasteiger partial charge in [-0.05, 0) is 67.8 Å². The molecule has 5 heteroatoms. The van der Waals surface area contributed by atoms with Crippen molar-refractivity contribution < 1.29 is 14.3 Å². The van der Waals surface area contributed by atoms with Crippen molar-refractivity contribution in [1.82, 2.24) is 9.88 Å². The van der Waals surface area contributed by atoms with E-state index in [1.807, 2.05) is 43.4 Å². The van der Waals surface area contributed by atoms with Crippen LogP contribution in [0.15, 0.2) is 36.4 Å². The van der Waals surface area contributed by atoms with Gasteiger partial charge in [0.1, 0.15) is 11.5 Å². The summed E-state index contributed by atoms with van der Waals surface area (Å²) in [6.07, 6.45) is 0.665. The Hall–Kier alpha value is -2.95. The molecule has 3 rings (SSSR count). The minimum absolute atomic E-state index is 0.0698. The summed E-state index contributed by atoms with van der Waals surface area (Å²) in [4.78, 5) is 12.6. The fourth-order valence-corrected chi connectivity index (χ4v) is 3.39.